The number of carbonyl (C=O) groups is 1. The fraction of sp³-hybridized carbons (Fsp3) is 0.941. The van der Waals surface area contributed by atoms with Crippen LogP contribution in [0.3, 0.4) is 0 Å². The van der Waals surface area contributed by atoms with E-state index in [1.807, 2.05) is 0 Å². The molecule has 0 fully saturated rings. The minimum absolute atomic E-state index is 0.0409. The number of likely N-dealkylation sites (N-methyl/N-ethyl adjacent to an activating group) is 1. The predicted octanol–water partition coefficient (Wildman–Crippen LogP) is 5.22. The first-order chi connectivity index (χ1) is 16.4. The number of quaternary nitrogens is 1. The lowest BCUT2D eigenvalue weighted by Gasteiger charge is -2.42. The quantitative estimate of drug-likeness (QED) is 0.167. The summed E-state index contributed by atoms with van der Waals surface area (Å²) in [6.45, 7) is -1.04. The van der Waals surface area contributed by atoms with Gasteiger partial charge in [0.15, 0.2) is 0 Å². The summed E-state index contributed by atoms with van der Waals surface area (Å²) in [5.41, 5.74) is 0. The van der Waals surface area contributed by atoms with E-state index in [9.17, 15) is 79.4 Å². The molecule has 0 aliphatic carbocycles. The molecule has 0 rings (SSSR count). The number of alkyl halides is 17. The lowest BCUT2D eigenvalue weighted by molar-refractivity contribution is -0.870. The fourth-order valence-electron chi connectivity index (χ4n) is 2.23. The molecular weight excluding hydrogens is 587 g/mol. The molecule has 0 saturated heterocycles. The molecule has 1 N–H and O–H groups in total. The van der Waals surface area contributed by atoms with Crippen LogP contribution in [-0.4, -0.2) is 105 Å². The first-order valence-electron chi connectivity index (χ1n) is 9.76. The highest BCUT2D eigenvalue weighted by molar-refractivity contribution is 5.84. The van der Waals surface area contributed by atoms with Gasteiger partial charge >= 0.3 is 47.6 Å². The Bertz CT molecular complexity index is 818. The van der Waals surface area contributed by atoms with Crippen molar-refractivity contribution in [3.05, 3.63) is 0 Å². The summed E-state index contributed by atoms with van der Waals surface area (Å²) in [6.07, 6.45) is -8.32. The Morgan fingerprint density at radius 2 is 0.974 bits per heavy atom. The molecule has 0 bridgehead atoms. The van der Waals surface area contributed by atoms with Crippen LogP contribution in [0.2, 0.25) is 0 Å². The predicted molar refractivity (Wildman–Crippen MR) is 92.0 cm³/mol. The Hall–Kier alpha value is -1.80. The van der Waals surface area contributed by atoms with Crippen molar-refractivity contribution in [3.8, 4) is 0 Å². The van der Waals surface area contributed by atoms with E-state index in [0.717, 1.165) is 5.32 Å². The van der Waals surface area contributed by atoms with Gasteiger partial charge in [0.25, 0.3) is 5.91 Å². The van der Waals surface area contributed by atoms with Gasteiger partial charge in [-0.15, -0.1) is 0 Å². The van der Waals surface area contributed by atoms with E-state index in [-0.39, 0.29) is 13.2 Å². The summed E-state index contributed by atoms with van der Waals surface area (Å²) < 4.78 is 229. The minimum Gasteiger partial charge on any atom is -0.376 e. The molecule has 4 nitrogen and oxygen atoms in total. The zero-order valence-corrected chi connectivity index (χ0v) is 19.2. The smallest absolute Gasteiger partial charge is 0.376 e. The van der Waals surface area contributed by atoms with Crippen LogP contribution in [0.25, 0.3) is 0 Å². The van der Waals surface area contributed by atoms with Gasteiger partial charge < -0.3 is 14.5 Å². The third kappa shape index (κ3) is 6.16. The molecule has 0 unspecified atom stereocenters. The Kier molecular flexibility index (Phi) is 10.1. The number of carbonyl (C=O) groups excluding carboxylic acids is 1. The normalized spacial score (nSPS) is 15.6. The monoisotopic (exact) mass is 607 g/mol. The van der Waals surface area contributed by atoms with E-state index < -0.39 is 66.5 Å². The van der Waals surface area contributed by atoms with Crippen LogP contribution in [0.1, 0.15) is 6.42 Å². The molecule has 0 aliphatic heterocycles. The molecule has 0 aromatic carbocycles. The van der Waals surface area contributed by atoms with Crippen molar-refractivity contribution in [2.45, 2.75) is 54.1 Å². The maximum absolute atomic E-state index is 13.7. The topological polar surface area (TPSA) is 38.3 Å². The molecule has 0 saturated carbocycles. The zero-order valence-electron chi connectivity index (χ0n) is 19.2. The fourth-order valence-corrected chi connectivity index (χ4v) is 2.23. The van der Waals surface area contributed by atoms with Crippen molar-refractivity contribution in [1.82, 2.24) is 5.32 Å². The summed E-state index contributed by atoms with van der Waals surface area (Å²) in [6, 6.07) is 0. The van der Waals surface area contributed by atoms with E-state index in [2.05, 4.69) is 0 Å². The molecule has 0 heterocycles. The molecule has 21 heteroatoms. The number of hydrogen-bond acceptors (Lipinski definition) is 2. The number of nitrogens with zero attached hydrogens (tertiary/aromatic N) is 1. The third-order valence-electron chi connectivity index (χ3n) is 4.66. The molecule has 0 aromatic rings. The largest absolute Gasteiger partial charge is 0.460 e. The van der Waals surface area contributed by atoms with Gasteiger partial charge in [-0.25, -0.2) is 0 Å². The molecular formula is C17H20F17N2O2+. The van der Waals surface area contributed by atoms with E-state index in [1.54, 1.807) is 21.1 Å². The molecule has 0 radical (unpaired) electrons. The molecule has 0 aliphatic rings. The van der Waals surface area contributed by atoms with E-state index >= 15 is 0 Å². The second kappa shape index (κ2) is 10.6. The average Bonchev–Trinajstić information content (AvgIpc) is 2.70. The standard InChI is InChI=1S/C17H19F17N2O2/c1-36(2,3)6-8-38-7-4-5-35-9(37)10(18,19)11(20,21)12(22,23)13(24,25)14(26,27)15(28,29)16(30,31)17(32,33)34/h4-8H2,1-3H3/p+1. The van der Waals surface area contributed by atoms with Crippen LogP contribution in [0.5, 0.6) is 0 Å². The number of rotatable bonds is 14. The number of amides is 1. The third-order valence-corrected chi connectivity index (χ3v) is 4.66. The molecule has 0 aromatic heterocycles. The van der Waals surface area contributed by atoms with Gasteiger partial charge in [0.2, 0.25) is 0 Å². The van der Waals surface area contributed by atoms with Crippen LogP contribution in [-0.2, 0) is 9.53 Å². The van der Waals surface area contributed by atoms with E-state index in [1.165, 1.54) is 0 Å². The van der Waals surface area contributed by atoms with Gasteiger partial charge in [0.05, 0.1) is 27.7 Å². The van der Waals surface area contributed by atoms with Crippen molar-refractivity contribution in [2.24, 2.45) is 0 Å². The number of halogens is 17. The van der Waals surface area contributed by atoms with Gasteiger partial charge in [-0.05, 0) is 6.42 Å². The SMILES string of the molecule is C[N+](C)(C)CCOCCCNC(=O)C(F)(F)C(F)(F)C(F)(F)C(F)(F)C(F)(F)C(F)(F)C(F)(F)C(F)(F)F. The van der Waals surface area contributed by atoms with Crippen molar-refractivity contribution >= 4 is 5.91 Å². The number of nitrogens with one attached hydrogen (secondary N) is 1. The highest BCUT2D eigenvalue weighted by Crippen LogP contribution is 2.63. The molecule has 1 amide bonds. The van der Waals surface area contributed by atoms with Crippen molar-refractivity contribution in [2.75, 3.05) is 47.4 Å². The summed E-state index contributed by atoms with van der Waals surface area (Å²) in [5, 5.41) is 0.837. The molecule has 38 heavy (non-hydrogen) atoms. The maximum atomic E-state index is 13.7. The van der Waals surface area contributed by atoms with Crippen LogP contribution < -0.4 is 5.32 Å². The highest BCUT2D eigenvalue weighted by atomic mass is 19.4. The lowest BCUT2D eigenvalue weighted by Crippen LogP contribution is -2.75. The minimum atomic E-state index is -8.73. The number of ether oxygens (including phenoxy) is 1. The first kappa shape index (κ1) is 36.2. The first-order valence-corrected chi connectivity index (χ1v) is 9.76. The highest BCUT2D eigenvalue weighted by Gasteiger charge is 2.95. The average molecular weight is 607 g/mol. The maximum Gasteiger partial charge on any atom is 0.460 e. The summed E-state index contributed by atoms with van der Waals surface area (Å²) >= 11 is 0. The zero-order chi connectivity index (χ0) is 31.0. The van der Waals surface area contributed by atoms with Crippen molar-refractivity contribution in [3.63, 3.8) is 0 Å². The summed E-state index contributed by atoms with van der Waals surface area (Å²) in [4.78, 5) is 11.3. The molecule has 228 valence electrons. The van der Waals surface area contributed by atoms with Crippen LogP contribution >= 0.6 is 0 Å². The summed E-state index contributed by atoms with van der Waals surface area (Å²) in [5.74, 6) is -61.5. The molecule has 0 atom stereocenters. The summed E-state index contributed by atoms with van der Waals surface area (Å²) in [7, 11) is 5.18. The van der Waals surface area contributed by atoms with Crippen molar-refractivity contribution in [1.29, 1.82) is 0 Å². The van der Waals surface area contributed by atoms with Gasteiger partial charge in [-0.3, -0.25) is 4.79 Å². The van der Waals surface area contributed by atoms with E-state index in [0.29, 0.717) is 11.0 Å². The van der Waals surface area contributed by atoms with Crippen LogP contribution in [0, 0.1) is 0 Å². The van der Waals surface area contributed by atoms with Gasteiger partial charge in [0, 0.05) is 13.2 Å². The molecule has 0 spiro atoms. The Labute approximate surface area is 202 Å². The van der Waals surface area contributed by atoms with E-state index in [4.69, 9.17) is 4.74 Å². The second-order valence-corrected chi connectivity index (χ2v) is 8.75. The van der Waals surface area contributed by atoms with Crippen LogP contribution in [0.15, 0.2) is 0 Å². The van der Waals surface area contributed by atoms with Gasteiger partial charge in [0.1, 0.15) is 6.54 Å². The van der Waals surface area contributed by atoms with Gasteiger partial charge in [-0.2, -0.15) is 74.6 Å². The lowest BCUT2D eigenvalue weighted by atomic mass is 9.89. The van der Waals surface area contributed by atoms with Crippen molar-refractivity contribution < 1.29 is 88.7 Å². The van der Waals surface area contributed by atoms with Crippen LogP contribution in [0.4, 0.5) is 74.6 Å². The van der Waals surface area contributed by atoms with Gasteiger partial charge in [-0.1, -0.05) is 0 Å². The Balaban J connectivity index is 5.89. The number of hydrogen-bond donors (Lipinski definition) is 1. The second-order valence-electron chi connectivity index (χ2n) is 8.75. The Morgan fingerprint density at radius 3 is 1.34 bits per heavy atom. The Morgan fingerprint density at radius 1 is 0.605 bits per heavy atom.